The molecule has 12 heteroatoms. The van der Waals surface area contributed by atoms with E-state index in [1.165, 1.54) is 28.8 Å². The molecule has 1 aliphatic heterocycles. The van der Waals surface area contributed by atoms with Crippen molar-refractivity contribution < 1.29 is 32.1 Å². The van der Waals surface area contributed by atoms with E-state index in [4.69, 9.17) is 10.3 Å². The van der Waals surface area contributed by atoms with Crippen LogP contribution in [-0.4, -0.2) is 69.8 Å². The number of primary amides is 1. The number of ketones is 1. The van der Waals surface area contributed by atoms with E-state index in [1.54, 1.807) is 25.7 Å². The zero-order valence-electron chi connectivity index (χ0n) is 21.3. The van der Waals surface area contributed by atoms with Crippen LogP contribution < -0.4 is 5.73 Å². The molecule has 0 atom stereocenters. The normalized spacial score (nSPS) is 14.6. The third kappa shape index (κ3) is 5.35. The average molecular weight is 532 g/mol. The fourth-order valence-corrected chi connectivity index (χ4v) is 4.77. The van der Waals surface area contributed by atoms with Crippen LogP contribution in [0.25, 0.3) is 0 Å². The largest absolute Gasteiger partial charge is 0.416 e. The van der Waals surface area contributed by atoms with Crippen molar-refractivity contribution in [1.82, 2.24) is 19.5 Å². The molecular formula is C26H28F3N5O4. The van der Waals surface area contributed by atoms with Crippen molar-refractivity contribution in [2.45, 2.75) is 33.5 Å². The summed E-state index contributed by atoms with van der Waals surface area (Å²) in [5.74, 6) is -0.883. The predicted molar refractivity (Wildman–Crippen MR) is 131 cm³/mol. The van der Waals surface area contributed by atoms with Gasteiger partial charge in [-0.15, -0.1) is 0 Å². The predicted octanol–water partition coefficient (Wildman–Crippen LogP) is 3.21. The molecule has 3 aromatic rings. The van der Waals surface area contributed by atoms with Gasteiger partial charge in [0.25, 0.3) is 11.8 Å². The lowest BCUT2D eigenvalue weighted by molar-refractivity contribution is -0.138. The quantitative estimate of drug-likeness (QED) is 0.469. The maximum atomic E-state index is 13.6. The van der Waals surface area contributed by atoms with E-state index >= 15 is 0 Å². The Morgan fingerprint density at radius 2 is 1.71 bits per heavy atom. The van der Waals surface area contributed by atoms with Gasteiger partial charge in [-0.2, -0.15) is 13.2 Å². The van der Waals surface area contributed by atoms with Crippen molar-refractivity contribution in [3.8, 4) is 0 Å². The highest BCUT2D eigenvalue weighted by Crippen LogP contribution is 2.33. The maximum Gasteiger partial charge on any atom is 0.416 e. The van der Waals surface area contributed by atoms with Gasteiger partial charge in [-0.05, 0) is 38.5 Å². The second kappa shape index (κ2) is 10.4. The van der Waals surface area contributed by atoms with Crippen LogP contribution in [0.3, 0.4) is 0 Å². The zero-order valence-corrected chi connectivity index (χ0v) is 21.3. The number of aryl methyl sites for hydroxylation is 2. The lowest BCUT2D eigenvalue weighted by atomic mass is 10.1. The summed E-state index contributed by atoms with van der Waals surface area (Å²) in [6, 6.07) is 6.45. The number of amides is 2. The van der Waals surface area contributed by atoms with Gasteiger partial charge in [-0.3, -0.25) is 19.3 Å². The maximum absolute atomic E-state index is 13.6. The number of piperazine rings is 1. The number of carbonyl (C=O) groups excluding carboxylic acids is 3. The summed E-state index contributed by atoms with van der Waals surface area (Å²) in [6.07, 6.45) is -4.57. The molecule has 2 amide bonds. The molecule has 1 fully saturated rings. The third-order valence-electron chi connectivity index (χ3n) is 6.84. The van der Waals surface area contributed by atoms with Crippen LogP contribution >= 0.6 is 0 Å². The molecule has 0 saturated carbocycles. The standard InChI is InChI=1S/C26H28F3N5O4/c1-15-23(17(3)38-31-15)25(37)33-10-8-32(9-11-33)14-22(35)21-12-19(24(30)36)16(2)34(21)13-18-6-4-5-7-20(18)26(27,28)29/h4-7,12H,8-11,13-14H2,1-3H3,(H2,30,36). The lowest BCUT2D eigenvalue weighted by Crippen LogP contribution is -2.50. The van der Waals surface area contributed by atoms with Gasteiger partial charge in [0.05, 0.1) is 29.1 Å². The number of nitrogens with two attached hydrogens (primary N) is 1. The number of benzene rings is 1. The zero-order chi connectivity index (χ0) is 27.8. The first-order valence-corrected chi connectivity index (χ1v) is 12.0. The van der Waals surface area contributed by atoms with Gasteiger partial charge in [0.1, 0.15) is 11.3 Å². The Morgan fingerprint density at radius 3 is 2.29 bits per heavy atom. The number of carbonyl (C=O) groups is 3. The SMILES string of the molecule is Cc1noc(C)c1C(=O)N1CCN(CC(=O)c2cc(C(N)=O)c(C)n2Cc2ccccc2C(F)(F)F)CC1. The van der Waals surface area contributed by atoms with Gasteiger partial charge in [0.2, 0.25) is 0 Å². The highest BCUT2D eigenvalue weighted by atomic mass is 19.4. The summed E-state index contributed by atoms with van der Waals surface area (Å²) >= 11 is 0. The molecule has 4 rings (SSSR count). The van der Waals surface area contributed by atoms with E-state index in [9.17, 15) is 27.6 Å². The second-order valence-corrected chi connectivity index (χ2v) is 9.32. The molecule has 0 unspecified atom stereocenters. The van der Waals surface area contributed by atoms with Crippen LogP contribution in [-0.2, 0) is 12.7 Å². The van der Waals surface area contributed by atoms with Crippen LogP contribution in [0.1, 0.15) is 59.5 Å². The molecule has 38 heavy (non-hydrogen) atoms. The molecule has 0 bridgehead atoms. The Hall–Kier alpha value is -3.93. The van der Waals surface area contributed by atoms with E-state index < -0.39 is 17.6 Å². The van der Waals surface area contributed by atoms with Gasteiger partial charge in [0.15, 0.2) is 5.78 Å². The summed E-state index contributed by atoms with van der Waals surface area (Å²) < 4.78 is 47.2. The number of nitrogens with zero attached hydrogens (tertiary/aromatic N) is 4. The van der Waals surface area contributed by atoms with Crippen LogP contribution in [0, 0.1) is 20.8 Å². The highest BCUT2D eigenvalue weighted by Gasteiger charge is 2.34. The molecule has 2 aromatic heterocycles. The number of hydrogen-bond acceptors (Lipinski definition) is 6. The number of Topliss-reactive ketones (excluding diaryl/α,β-unsaturated/α-hetero) is 1. The second-order valence-electron chi connectivity index (χ2n) is 9.32. The van der Waals surface area contributed by atoms with Crippen molar-refractivity contribution in [3.63, 3.8) is 0 Å². The number of aromatic nitrogens is 2. The van der Waals surface area contributed by atoms with Gasteiger partial charge >= 0.3 is 6.18 Å². The molecular weight excluding hydrogens is 503 g/mol. The Bertz CT molecular complexity index is 1360. The van der Waals surface area contributed by atoms with Crippen molar-refractivity contribution in [2.24, 2.45) is 5.73 Å². The van der Waals surface area contributed by atoms with Crippen molar-refractivity contribution in [3.05, 3.63) is 75.4 Å². The van der Waals surface area contributed by atoms with E-state index in [0.717, 1.165) is 6.07 Å². The average Bonchev–Trinajstić information content (AvgIpc) is 3.37. The van der Waals surface area contributed by atoms with Crippen LogP contribution in [0.5, 0.6) is 0 Å². The smallest absolute Gasteiger partial charge is 0.366 e. The van der Waals surface area contributed by atoms with Crippen molar-refractivity contribution in [2.75, 3.05) is 32.7 Å². The lowest BCUT2D eigenvalue weighted by Gasteiger charge is -2.34. The molecule has 1 aromatic carbocycles. The highest BCUT2D eigenvalue weighted by molar-refractivity contribution is 6.01. The van der Waals surface area contributed by atoms with Gasteiger partial charge in [0, 0.05) is 38.4 Å². The van der Waals surface area contributed by atoms with Gasteiger partial charge in [-0.1, -0.05) is 23.4 Å². The van der Waals surface area contributed by atoms with E-state index in [2.05, 4.69) is 5.16 Å². The molecule has 1 aliphatic rings. The Labute approximate surface area is 217 Å². The summed E-state index contributed by atoms with van der Waals surface area (Å²) in [7, 11) is 0. The number of halogens is 3. The summed E-state index contributed by atoms with van der Waals surface area (Å²) in [5, 5.41) is 3.82. The number of alkyl halides is 3. The Balaban J connectivity index is 1.52. The van der Waals surface area contributed by atoms with E-state index in [0.29, 0.717) is 48.9 Å². The minimum Gasteiger partial charge on any atom is -0.366 e. The molecule has 9 nitrogen and oxygen atoms in total. The molecule has 2 N–H and O–H groups in total. The topological polar surface area (TPSA) is 115 Å². The molecule has 202 valence electrons. The van der Waals surface area contributed by atoms with Crippen molar-refractivity contribution >= 4 is 17.6 Å². The minimum absolute atomic E-state index is 0.0318. The Kier molecular flexibility index (Phi) is 7.45. The molecule has 1 saturated heterocycles. The van der Waals surface area contributed by atoms with Crippen LogP contribution in [0.4, 0.5) is 13.2 Å². The third-order valence-corrected chi connectivity index (χ3v) is 6.84. The molecule has 0 spiro atoms. The van der Waals surface area contributed by atoms with Crippen molar-refractivity contribution in [1.29, 1.82) is 0 Å². The summed E-state index contributed by atoms with van der Waals surface area (Å²) in [6.45, 7) is 6.22. The molecule has 3 heterocycles. The van der Waals surface area contributed by atoms with E-state index in [1.807, 2.05) is 4.90 Å². The number of rotatable bonds is 7. The van der Waals surface area contributed by atoms with Crippen LogP contribution in [0.2, 0.25) is 0 Å². The van der Waals surface area contributed by atoms with E-state index in [-0.39, 0.29) is 41.6 Å². The summed E-state index contributed by atoms with van der Waals surface area (Å²) in [5.41, 5.74) is 6.06. The monoisotopic (exact) mass is 531 g/mol. The fraction of sp³-hybridized carbons (Fsp3) is 0.385. The first kappa shape index (κ1) is 27.1. The first-order valence-electron chi connectivity index (χ1n) is 12.0. The number of hydrogen-bond donors (Lipinski definition) is 1. The first-order chi connectivity index (χ1) is 17.9. The summed E-state index contributed by atoms with van der Waals surface area (Å²) in [4.78, 5) is 41.7. The fourth-order valence-electron chi connectivity index (χ4n) is 4.77. The van der Waals surface area contributed by atoms with Crippen LogP contribution in [0.15, 0.2) is 34.9 Å². The molecule has 0 radical (unpaired) electrons. The minimum atomic E-state index is -4.57. The van der Waals surface area contributed by atoms with Gasteiger partial charge < -0.3 is 19.7 Å². The Morgan fingerprint density at radius 1 is 1.05 bits per heavy atom. The molecule has 0 aliphatic carbocycles. The van der Waals surface area contributed by atoms with Gasteiger partial charge in [-0.25, -0.2) is 0 Å².